The van der Waals surface area contributed by atoms with Gasteiger partial charge in [0.15, 0.2) is 0 Å². The summed E-state index contributed by atoms with van der Waals surface area (Å²) >= 11 is 0. The van der Waals surface area contributed by atoms with E-state index in [4.69, 9.17) is 47.4 Å². The molecule has 2 heterocycles. The maximum Gasteiger partial charge on any atom is 0.293 e. The second-order valence-electron chi connectivity index (χ2n) is 23.4. The van der Waals surface area contributed by atoms with E-state index in [0.29, 0.717) is 96.8 Å². The molecular weight excluding hydrogens is 1060 g/mol. The van der Waals surface area contributed by atoms with Crippen LogP contribution in [0.3, 0.4) is 0 Å². The Bertz CT molecular complexity index is 2490. The summed E-state index contributed by atoms with van der Waals surface area (Å²) in [6.45, 7) is 18.2. The highest BCUT2D eigenvalue weighted by Crippen LogP contribution is 2.46. The van der Waals surface area contributed by atoms with Gasteiger partial charge in [-0.15, -0.1) is 0 Å². The number of carbonyl (C=O) groups excluding carboxylic acids is 3. The third kappa shape index (κ3) is 20.8. The number of unbranched alkanes of at least 4 members (excludes halogenated alkanes) is 8. The van der Waals surface area contributed by atoms with Gasteiger partial charge in [-0.25, -0.2) is 0 Å². The molecule has 0 spiro atoms. The topological polar surface area (TPSA) is 159 Å². The number of nitrogens with zero attached hydrogens (tertiary/aromatic N) is 1. The smallest absolute Gasteiger partial charge is 0.293 e. The summed E-state index contributed by atoms with van der Waals surface area (Å²) < 4.78 is 59.5. The summed E-state index contributed by atoms with van der Waals surface area (Å²) in [4.78, 5) is 40.8. The normalized spacial score (nSPS) is 15.8. The fraction of sp³-hybridized carbons (Fsp3) is 0.609. The number of nitrogens with one attached hydrogen (secondary N) is 1. The Kier molecular flexibility index (Phi) is 29.1. The van der Waals surface area contributed by atoms with Gasteiger partial charge in [0.25, 0.3) is 6.47 Å². The third-order valence-corrected chi connectivity index (χ3v) is 16.7. The molecular formula is C69H100N2O13. The van der Waals surface area contributed by atoms with Crippen LogP contribution in [0.25, 0.3) is 0 Å². The first-order chi connectivity index (χ1) is 40.8. The molecule has 1 fully saturated rings. The van der Waals surface area contributed by atoms with E-state index in [2.05, 4.69) is 46.9 Å². The molecule has 0 radical (unpaired) electrons. The summed E-state index contributed by atoms with van der Waals surface area (Å²) in [5.41, 5.74) is 5.81. The molecule has 4 aromatic carbocycles. The highest BCUT2D eigenvalue weighted by Gasteiger charge is 2.41. The van der Waals surface area contributed by atoms with Crippen molar-refractivity contribution in [3.05, 3.63) is 118 Å². The molecule has 1 N–H and O–H groups in total. The fourth-order valence-electron chi connectivity index (χ4n) is 11.5. The minimum absolute atomic E-state index is 0.0176. The van der Waals surface area contributed by atoms with E-state index in [1.54, 1.807) is 19.1 Å². The Morgan fingerprint density at radius 3 is 1.75 bits per heavy atom. The van der Waals surface area contributed by atoms with Gasteiger partial charge < -0.3 is 57.6 Å². The monoisotopic (exact) mass is 1160 g/mol. The largest absolute Gasteiger partial charge is 0.497 e. The lowest BCUT2D eigenvalue weighted by atomic mass is 9.80. The Morgan fingerprint density at radius 1 is 0.679 bits per heavy atom. The van der Waals surface area contributed by atoms with Crippen LogP contribution in [0, 0.1) is 32.6 Å². The molecule has 15 nitrogen and oxygen atoms in total. The number of likely N-dealkylation sites (tertiary alicyclic amines) is 1. The zero-order chi connectivity index (χ0) is 60.0. The van der Waals surface area contributed by atoms with Gasteiger partial charge in [-0.1, -0.05) is 126 Å². The van der Waals surface area contributed by atoms with Crippen molar-refractivity contribution < 1.29 is 61.8 Å². The number of hydrogen-bond donors (Lipinski definition) is 1. The van der Waals surface area contributed by atoms with E-state index >= 15 is 0 Å². The second kappa shape index (κ2) is 36.3. The van der Waals surface area contributed by atoms with Gasteiger partial charge >= 0.3 is 0 Å². The van der Waals surface area contributed by atoms with Crippen molar-refractivity contribution in [1.29, 1.82) is 0 Å². The molecule has 0 aromatic heterocycles. The van der Waals surface area contributed by atoms with Crippen LogP contribution in [0.1, 0.15) is 156 Å². The lowest BCUT2D eigenvalue weighted by Gasteiger charge is -2.38. The average molecular weight is 1170 g/mol. The number of amides is 2. The molecule has 1 saturated heterocycles. The molecule has 0 bridgehead atoms. The molecule has 6 rings (SSSR count). The first-order valence-electron chi connectivity index (χ1n) is 31.2. The second-order valence-corrected chi connectivity index (χ2v) is 23.4. The van der Waals surface area contributed by atoms with Crippen molar-refractivity contribution in [1.82, 2.24) is 10.2 Å². The van der Waals surface area contributed by atoms with E-state index < -0.39 is 11.6 Å². The molecule has 464 valence electrons. The SMILES string of the molecule is COc1ccc(C(OCC(NC(=O)CCOCCOCCOCCOCCOc2c(C)c(C)c3c(c2C)CCC(C)(CCCCCCCCCCCC(C)C)O3)C(=O)N2CCC(COC=O)CC2)(c2ccccc2)c2ccc(OC)cc2)cc1. The van der Waals surface area contributed by atoms with E-state index in [1.165, 1.54) is 80.9 Å². The van der Waals surface area contributed by atoms with Gasteiger partial charge in [-0.05, 0) is 136 Å². The van der Waals surface area contributed by atoms with Crippen LogP contribution in [0.4, 0.5) is 0 Å². The average Bonchev–Trinajstić information content (AvgIpc) is 2.72. The minimum Gasteiger partial charge on any atom is -0.497 e. The van der Waals surface area contributed by atoms with Gasteiger partial charge in [0, 0.05) is 25.1 Å². The van der Waals surface area contributed by atoms with Crippen LogP contribution in [-0.2, 0) is 54.8 Å². The van der Waals surface area contributed by atoms with Crippen molar-refractivity contribution in [3.63, 3.8) is 0 Å². The quantitative estimate of drug-likeness (QED) is 0.0254. The summed E-state index contributed by atoms with van der Waals surface area (Å²) in [5.74, 6) is 3.70. The number of benzene rings is 4. The van der Waals surface area contributed by atoms with Crippen molar-refractivity contribution in [2.75, 3.05) is 100.0 Å². The number of hydrogen-bond acceptors (Lipinski definition) is 13. The zero-order valence-corrected chi connectivity index (χ0v) is 52.1. The highest BCUT2D eigenvalue weighted by molar-refractivity contribution is 5.88. The van der Waals surface area contributed by atoms with Crippen molar-refractivity contribution in [2.45, 2.75) is 162 Å². The van der Waals surface area contributed by atoms with Gasteiger partial charge in [-0.3, -0.25) is 14.4 Å². The number of rotatable bonds is 41. The first-order valence-corrected chi connectivity index (χ1v) is 31.2. The van der Waals surface area contributed by atoms with Crippen LogP contribution in [0.2, 0.25) is 0 Å². The summed E-state index contributed by atoms with van der Waals surface area (Å²) in [6.07, 6.45) is 17.9. The maximum atomic E-state index is 14.5. The maximum absolute atomic E-state index is 14.5. The highest BCUT2D eigenvalue weighted by atomic mass is 16.6. The molecule has 4 aromatic rings. The standard InChI is InChI=1S/C69H100N2O13/c1-52(2)21-17-14-12-10-9-11-13-15-20-36-68(6)37-32-62-55(5)65(53(3)54(4)66(62)84-68)82-48-47-80-46-45-79-44-43-78-42-41-77-40-35-64(73)70-63(67(74)71-38-33-56(34-39-71)49-81-51-72)50-83-69(57-22-18-16-19-23-57,58-24-28-60(75-7)29-25-58)59-26-30-61(76-8)31-27-59/h16,18-19,22-31,51-52,56,63H,9-15,17,20-21,32-50H2,1-8H3,(H,70,73). The van der Waals surface area contributed by atoms with Crippen LogP contribution in [0.15, 0.2) is 78.9 Å². The van der Waals surface area contributed by atoms with Gasteiger partial charge in [0.1, 0.15) is 46.8 Å². The first kappa shape index (κ1) is 67.4. The Balaban J connectivity index is 0.884. The number of ether oxygens (including phenoxy) is 10. The number of fused-ring (bicyclic) bond motifs is 1. The van der Waals surface area contributed by atoms with E-state index in [0.717, 1.165) is 58.9 Å². The summed E-state index contributed by atoms with van der Waals surface area (Å²) in [7, 11) is 3.23. The minimum atomic E-state index is -1.22. The molecule has 2 aliphatic heterocycles. The fourth-order valence-corrected chi connectivity index (χ4v) is 11.5. The van der Waals surface area contributed by atoms with Crippen molar-refractivity contribution >= 4 is 18.3 Å². The molecule has 2 unspecified atom stereocenters. The lowest BCUT2D eigenvalue weighted by Crippen LogP contribution is -2.54. The third-order valence-electron chi connectivity index (χ3n) is 16.7. The summed E-state index contributed by atoms with van der Waals surface area (Å²) in [6, 6.07) is 24.0. The number of carbonyl (C=O) groups is 3. The van der Waals surface area contributed by atoms with Crippen LogP contribution < -0.4 is 24.3 Å². The van der Waals surface area contributed by atoms with E-state index in [-0.39, 0.29) is 49.6 Å². The lowest BCUT2D eigenvalue weighted by molar-refractivity contribution is -0.142. The Morgan fingerprint density at radius 2 is 1.20 bits per heavy atom. The van der Waals surface area contributed by atoms with Gasteiger partial charge in [0.05, 0.1) is 80.3 Å². The molecule has 84 heavy (non-hydrogen) atoms. The predicted octanol–water partition coefficient (Wildman–Crippen LogP) is 12.4. The Labute approximate surface area is 502 Å². The van der Waals surface area contributed by atoms with Crippen LogP contribution in [-0.4, -0.2) is 135 Å². The number of piperidine rings is 1. The van der Waals surface area contributed by atoms with Crippen molar-refractivity contribution in [3.8, 4) is 23.0 Å². The van der Waals surface area contributed by atoms with Crippen molar-refractivity contribution in [2.24, 2.45) is 11.8 Å². The van der Waals surface area contributed by atoms with E-state index in [9.17, 15) is 14.4 Å². The molecule has 2 atom stereocenters. The predicted molar refractivity (Wildman–Crippen MR) is 329 cm³/mol. The molecule has 0 aliphatic carbocycles. The van der Waals surface area contributed by atoms with Crippen LogP contribution in [0.5, 0.6) is 23.0 Å². The molecule has 2 aliphatic rings. The van der Waals surface area contributed by atoms with E-state index in [1.807, 2.05) is 78.9 Å². The molecule has 15 heteroatoms. The number of methoxy groups -OCH3 is 2. The summed E-state index contributed by atoms with van der Waals surface area (Å²) in [5, 5.41) is 2.99. The van der Waals surface area contributed by atoms with Gasteiger partial charge in [0.2, 0.25) is 11.8 Å². The Hall–Kier alpha value is -5.71. The molecule has 0 saturated carbocycles. The molecule has 2 amide bonds. The van der Waals surface area contributed by atoms with Gasteiger partial charge in [-0.2, -0.15) is 0 Å². The van der Waals surface area contributed by atoms with Crippen LogP contribution >= 0.6 is 0 Å². The zero-order valence-electron chi connectivity index (χ0n) is 52.1.